The number of hydrogen-bond acceptors (Lipinski definition) is 3. The molecule has 1 fully saturated rings. The fourth-order valence-electron chi connectivity index (χ4n) is 2.64. The summed E-state index contributed by atoms with van der Waals surface area (Å²) in [4.78, 5) is 14.6. The molecule has 0 aromatic heterocycles. The first kappa shape index (κ1) is 16.4. The van der Waals surface area contributed by atoms with E-state index < -0.39 is 0 Å². The molecule has 0 bridgehead atoms. The molecule has 0 aromatic rings. The number of carbonyl (C=O) groups is 1. The highest BCUT2D eigenvalue weighted by molar-refractivity contribution is 5.77. The molecule has 1 saturated heterocycles. The second-order valence-corrected chi connectivity index (χ2v) is 5.81. The molecular weight excluding hydrogens is 240 g/mol. The van der Waals surface area contributed by atoms with Gasteiger partial charge >= 0.3 is 0 Å². The summed E-state index contributed by atoms with van der Waals surface area (Å²) in [6, 6.07) is 0.367. The number of hydrogen-bond donors (Lipinski definition) is 1. The highest BCUT2D eigenvalue weighted by Crippen LogP contribution is 2.15. The van der Waals surface area contributed by atoms with Gasteiger partial charge in [0.1, 0.15) is 0 Å². The van der Waals surface area contributed by atoms with Crippen LogP contribution in [0.25, 0.3) is 0 Å². The lowest BCUT2D eigenvalue weighted by Crippen LogP contribution is -2.46. The Kier molecular flexibility index (Phi) is 7.39. The molecule has 4 nitrogen and oxygen atoms in total. The minimum Gasteiger partial charge on any atom is -0.375 e. The lowest BCUT2D eigenvalue weighted by Gasteiger charge is -2.34. The van der Waals surface area contributed by atoms with Crippen molar-refractivity contribution in [1.82, 2.24) is 10.2 Å². The summed E-state index contributed by atoms with van der Waals surface area (Å²) in [5.41, 5.74) is 0. The van der Waals surface area contributed by atoms with Gasteiger partial charge in [-0.1, -0.05) is 27.7 Å². The van der Waals surface area contributed by atoms with Crippen molar-refractivity contribution in [2.45, 2.75) is 59.1 Å². The van der Waals surface area contributed by atoms with E-state index in [1.54, 1.807) is 0 Å². The standard InChI is InChI=1S/C15H30N2O2/c1-5-13(6-2)17(11-12(3)4)15(18)9-14-10-16-7-8-19-14/h12-14,16H,5-11H2,1-4H3. The van der Waals surface area contributed by atoms with Crippen LogP contribution in [0.1, 0.15) is 47.0 Å². The van der Waals surface area contributed by atoms with Crippen LogP contribution in [-0.2, 0) is 9.53 Å². The summed E-state index contributed by atoms with van der Waals surface area (Å²) in [7, 11) is 0. The molecule has 0 saturated carbocycles. The molecule has 1 unspecified atom stereocenters. The third-order valence-electron chi connectivity index (χ3n) is 3.67. The Morgan fingerprint density at radius 2 is 2.05 bits per heavy atom. The van der Waals surface area contributed by atoms with Crippen LogP contribution >= 0.6 is 0 Å². The van der Waals surface area contributed by atoms with Crippen LogP contribution in [0.15, 0.2) is 0 Å². The third-order valence-corrected chi connectivity index (χ3v) is 3.67. The smallest absolute Gasteiger partial charge is 0.225 e. The minimum atomic E-state index is 0.0466. The molecule has 112 valence electrons. The molecule has 0 spiro atoms. The number of amides is 1. The highest BCUT2D eigenvalue weighted by Gasteiger charge is 2.25. The van der Waals surface area contributed by atoms with Gasteiger partial charge in [0, 0.05) is 25.7 Å². The highest BCUT2D eigenvalue weighted by atomic mass is 16.5. The number of morpholine rings is 1. The zero-order valence-corrected chi connectivity index (χ0v) is 12.9. The van der Waals surface area contributed by atoms with Gasteiger partial charge in [-0.05, 0) is 18.8 Å². The van der Waals surface area contributed by atoms with Gasteiger partial charge in [-0.2, -0.15) is 0 Å². The van der Waals surface area contributed by atoms with Crippen molar-refractivity contribution in [3.05, 3.63) is 0 Å². The maximum absolute atomic E-state index is 12.5. The van der Waals surface area contributed by atoms with Crippen LogP contribution < -0.4 is 5.32 Å². The Balaban J connectivity index is 2.58. The maximum atomic E-state index is 12.5. The lowest BCUT2D eigenvalue weighted by atomic mass is 10.1. The average Bonchev–Trinajstić information content (AvgIpc) is 2.39. The molecule has 1 amide bonds. The van der Waals surface area contributed by atoms with Crippen molar-refractivity contribution >= 4 is 5.91 Å². The Morgan fingerprint density at radius 1 is 1.37 bits per heavy atom. The molecule has 1 rings (SSSR count). The SMILES string of the molecule is CCC(CC)N(CC(C)C)C(=O)CC1CNCCO1. The van der Waals surface area contributed by atoms with E-state index in [1.165, 1.54) is 0 Å². The molecule has 1 aliphatic heterocycles. The zero-order chi connectivity index (χ0) is 14.3. The van der Waals surface area contributed by atoms with Crippen molar-refractivity contribution < 1.29 is 9.53 Å². The fourth-order valence-corrected chi connectivity index (χ4v) is 2.64. The third kappa shape index (κ3) is 5.49. The van der Waals surface area contributed by atoms with Gasteiger partial charge in [0.15, 0.2) is 0 Å². The normalized spacial score (nSPS) is 20.0. The van der Waals surface area contributed by atoms with Crippen molar-refractivity contribution in [3.63, 3.8) is 0 Å². The molecule has 1 atom stereocenters. The van der Waals surface area contributed by atoms with Crippen LogP contribution in [0.5, 0.6) is 0 Å². The van der Waals surface area contributed by atoms with Gasteiger partial charge in [0.2, 0.25) is 5.91 Å². The van der Waals surface area contributed by atoms with Gasteiger partial charge in [-0.15, -0.1) is 0 Å². The molecule has 0 aromatic carbocycles. The van der Waals surface area contributed by atoms with Gasteiger partial charge in [-0.25, -0.2) is 0 Å². The number of carbonyl (C=O) groups excluding carboxylic acids is 1. The van der Waals surface area contributed by atoms with Gasteiger partial charge in [0.25, 0.3) is 0 Å². The van der Waals surface area contributed by atoms with Crippen molar-refractivity contribution in [2.24, 2.45) is 5.92 Å². The van der Waals surface area contributed by atoms with Crippen molar-refractivity contribution in [1.29, 1.82) is 0 Å². The average molecular weight is 270 g/mol. The van der Waals surface area contributed by atoms with Gasteiger partial charge in [0.05, 0.1) is 19.1 Å². The summed E-state index contributed by atoms with van der Waals surface area (Å²) in [5.74, 6) is 0.756. The van der Waals surface area contributed by atoms with E-state index in [4.69, 9.17) is 4.74 Å². The van der Waals surface area contributed by atoms with Crippen molar-refractivity contribution in [2.75, 3.05) is 26.2 Å². The zero-order valence-electron chi connectivity index (χ0n) is 12.9. The first-order chi connectivity index (χ1) is 9.08. The molecule has 0 aliphatic carbocycles. The Bertz CT molecular complexity index is 259. The summed E-state index contributed by atoms with van der Waals surface area (Å²) in [6.07, 6.45) is 2.61. The first-order valence-corrected chi connectivity index (χ1v) is 7.70. The van der Waals surface area contributed by atoms with Crippen LogP contribution in [0, 0.1) is 5.92 Å². The summed E-state index contributed by atoms with van der Waals surface area (Å²) in [5, 5.41) is 3.28. The number of ether oxygens (including phenoxy) is 1. The predicted molar refractivity (Wildman–Crippen MR) is 78.1 cm³/mol. The van der Waals surface area contributed by atoms with Crippen LogP contribution in [-0.4, -0.2) is 49.2 Å². The second kappa shape index (κ2) is 8.54. The van der Waals surface area contributed by atoms with E-state index in [0.29, 0.717) is 25.0 Å². The molecule has 19 heavy (non-hydrogen) atoms. The number of nitrogens with one attached hydrogen (secondary N) is 1. The molecule has 1 N–H and O–H groups in total. The Hall–Kier alpha value is -0.610. The summed E-state index contributed by atoms with van der Waals surface area (Å²) in [6.45, 7) is 11.9. The van der Waals surface area contributed by atoms with Crippen LogP contribution in [0.4, 0.5) is 0 Å². The van der Waals surface area contributed by atoms with Crippen molar-refractivity contribution in [3.8, 4) is 0 Å². The van der Waals surface area contributed by atoms with E-state index in [1.807, 2.05) is 0 Å². The minimum absolute atomic E-state index is 0.0466. The van der Waals surface area contributed by atoms with E-state index >= 15 is 0 Å². The van der Waals surface area contributed by atoms with E-state index in [-0.39, 0.29) is 12.0 Å². The topological polar surface area (TPSA) is 41.6 Å². The first-order valence-electron chi connectivity index (χ1n) is 7.70. The quantitative estimate of drug-likeness (QED) is 0.770. The van der Waals surface area contributed by atoms with E-state index in [9.17, 15) is 4.79 Å². The van der Waals surface area contributed by atoms with Gasteiger partial charge < -0.3 is 15.0 Å². The molecule has 4 heteroatoms. The molecule has 1 heterocycles. The summed E-state index contributed by atoms with van der Waals surface area (Å²) >= 11 is 0. The van der Waals surface area contributed by atoms with Gasteiger partial charge in [-0.3, -0.25) is 4.79 Å². The van der Waals surface area contributed by atoms with E-state index in [2.05, 4.69) is 37.9 Å². The number of rotatable bonds is 7. The Morgan fingerprint density at radius 3 is 2.53 bits per heavy atom. The number of nitrogens with zero attached hydrogens (tertiary/aromatic N) is 1. The largest absolute Gasteiger partial charge is 0.375 e. The maximum Gasteiger partial charge on any atom is 0.225 e. The summed E-state index contributed by atoms with van der Waals surface area (Å²) < 4.78 is 5.64. The van der Waals surface area contributed by atoms with Crippen LogP contribution in [0.2, 0.25) is 0 Å². The lowest BCUT2D eigenvalue weighted by molar-refractivity contribution is -0.137. The predicted octanol–water partition coefficient (Wildman–Crippen LogP) is 2.04. The van der Waals surface area contributed by atoms with Crippen LogP contribution in [0.3, 0.4) is 0 Å². The second-order valence-electron chi connectivity index (χ2n) is 5.81. The molecule has 1 aliphatic rings. The Labute approximate surface area is 117 Å². The molecule has 0 radical (unpaired) electrons. The van der Waals surface area contributed by atoms with E-state index in [0.717, 1.165) is 32.5 Å². The fraction of sp³-hybridized carbons (Fsp3) is 0.933. The monoisotopic (exact) mass is 270 g/mol. The molecular formula is C15H30N2O2.